The van der Waals surface area contributed by atoms with Crippen LogP contribution in [0.25, 0.3) is 0 Å². The molecule has 0 bridgehead atoms. The Morgan fingerprint density at radius 1 is 1.19 bits per heavy atom. The van der Waals surface area contributed by atoms with Crippen LogP contribution in [-0.2, 0) is 11.3 Å². The summed E-state index contributed by atoms with van der Waals surface area (Å²) in [5, 5.41) is 9.10. The van der Waals surface area contributed by atoms with E-state index in [-0.39, 0.29) is 5.91 Å². The highest BCUT2D eigenvalue weighted by Gasteiger charge is 2.28. The third-order valence-corrected chi connectivity index (χ3v) is 5.07. The lowest BCUT2D eigenvalue weighted by Gasteiger charge is -2.15. The number of methoxy groups -OCH3 is 1. The van der Waals surface area contributed by atoms with Gasteiger partial charge in [0.25, 0.3) is 0 Å². The van der Waals surface area contributed by atoms with E-state index in [0.29, 0.717) is 17.5 Å². The maximum atomic E-state index is 12.2. The molecule has 26 heavy (non-hydrogen) atoms. The standard InChI is InChI=1S/C20H21N3O2S/c1-14-4-7-17(15(2)10-14)11-21-22-20-23(19(24)13-26-20)12-16-5-8-18(25-3)9-6-16/h4-11H,12-13H2,1-3H3/b21-11-,22-20-. The van der Waals surface area contributed by atoms with Crippen LogP contribution in [0.5, 0.6) is 5.75 Å². The Labute approximate surface area is 157 Å². The first-order valence-electron chi connectivity index (χ1n) is 8.31. The van der Waals surface area contributed by atoms with Crippen LogP contribution in [0.15, 0.2) is 52.7 Å². The van der Waals surface area contributed by atoms with Gasteiger partial charge in [0, 0.05) is 0 Å². The van der Waals surface area contributed by atoms with Gasteiger partial charge >= 0.3 is 0 Å². The minimum Gasteiger partial charge on any atom is -0.497 e. The zero-order chi connectivity index (χ0) is 18.5. The number of carbonyl (C=O) groups is 1. The van der Waals surface area contributed by atoms with Gasteiger partial charge in [0.15, 0.2) is 5.17 Å². The molecule has 2 aromatic rings. The monoisotopic (exact) mass is 367 g/mol. The van der Waals surface area contributed by atoms with Crippen LogP contribution < -0.4 is 4.74 Å². The summed E-state index contributed by atoms with van der Waals surface area (Å²) in [7, 11) is 1.63. The summed E-state index contributed by atoms with van der Waals surface area (Å²) in [5.41, 5.74) is 4.41. The van der Waals surface area contributed by atoms with E-state index < -0.39 is 0 Å². The minimum atomic E-state index is 0.0475. The smallest absolute Gasteiger partial charge is 0.239 e. The molecule has 1 aliphatic heterocycles. The van der Waals surface area contributed by atoms with Crippen LogP contribution in [0, 0.1) is 13.8 Å². The predicted molar refractivity (Wildman–Crippen MR) is 107 cm³/mol. The highest BCUT2D eigenvalue weighted by Crippen LogP contribution is 2.23. The van der Waals surface area contributed by atoms with E-state index >= 15 is 0 Å². The third-order valence-electron chi connectivity index (χ3n) is 4.12. The summed E-state index contributed by atoms with van der Waals surface area (Å²) >= 11 is 1.42. The Bertz CT molecular complexity index is 860. The second kappa shape index (κ2) is 8.19. The van der Waals surface area contributed by atoms with E-state index in [1.54, 1.807) is 18.2 Å². The van der Waals surface area contributed by atoms with Crippen molar-refractivity contribution in [3.05, 3.63) is 64.7 Å². The molecule has 6 heteroatoms. The number of ether oxygens (including phenoxy) is 1. The predicted octanol–water partition coefficient (Wildman–Crippen LogP) is 3.78. The van der Waals surface area contributed by atoms with Crippen LogP contribution in [0.4, 0.5) is 0 Å². The summed E-state index contributed by atoms with van der Waals surface area (Å²) in [6.45, 7) is 4.59. The molecule has 3 rings (SSSR count). The van der Waals surface area contributed by atoms with Crippen LogP contribution in [0.2, 0.25) is 0 Å². The van der Waals surface area contributed by atoms with E-state index in [9.17, 15) is 4.79 Å². The summed E-state index contributed by atoms with van der Waals surface area (Å²) < 4.78 is 5.17. The molecule has 5 nitrogen and oxygen atoms in total. The van der Waals surface area contributed by atoms with E-state index in [0.717, 1.165) is 22.4 Å². The molecule has 0 aliphatic carbocycles. The number of benzene rings is 2. The average molecular weight is 367 g/mol. The summed E-state index contributed by atoms with van der Waals surface area (Å²) in [6, 6.07) is 13.9. The van der Waals surface area contributed by atoms with E-state index in [2.05, 4.69) is 23.2 Å². The Morgan fingerprint density at radius 2 is 1.96 bits per heavy atom. The normalized spacial score (nSPS) is 16.0. The summed E-state index contributed by atoms with van der Waals surface area (Å²) in [6.07, 6.45) is 1.73. The van der Waals surface area contributed by atoms with Gasteiger partial charge < -0.3 is 4.74 Å². The molecule has 0 spiro atoms. The second-order valence-electron chi connectivity index (χ2n) is 6.10. The molecule has 1 saturated heterocycles. The molecule has 0 N–H and O–H groups in total. The summed E-state index contributed by atoms with van der Waals surface area (Å²) in [5.74, 6) is 1.24. The van der Waals surface area contributed by atoms with Gasteiger partial charge in [-0.1, -0.05) is 47.7 Å². The fraction of sp³-hybridized carbons (Fsp3) is 0.250. The highest BCUT2D eigenvalue weighted by atomic mass is 32.2. The second-order valence-corrected chi connectivity index (χ2v) is 7.05. The topological polar surface area (TPSA) is 54.3 Å². The largest absolute Gasteiger partial charge is 0.497 e. The van der Waals surface area contributed by atoms with Crippen molar-refractivity contribution in [3.8, 4) is 5.75 Å². The van der Waals surface area contributed by atoms with Gasteiger partial charge in [-0.15, -0.1) is 5.10 Å². The van der Waals surface area contributed by atoms with Crippen LogP contribution >= 0.6 is 11.8 Å². The maximum absolute atomic E-state index is 12.2. The number of nitrogens with zero attached hydrogens (tertiary/aromatic N) is 3. The highest BCUT2D eigenvalue weighted by molar-refractivity contribution is 8.15. The first-order valence-corrected chi connectivity index (χ1v) is 9.30. The number of hydrogen-bond acceptors (Lipinski definition) is 5. The molecule has 0 radical (unpaired) electrons. The summed E-state index contributed by atoms with van der Waals surface area (Å²) in [4.78, 5) is 13.9. The molecular formula is C20H21N3O2S. The van der Waals surface area contributed by atoms with Crippen molar-refractivity contribution in [2.45, 2.75) is 20.4 Å². The lowest BCUT2D eigenvalue weighted by atomic mass is 10.1. The molecule has 1 amide bonds. The SMILES string of the molecule is COc1ccc(CN2C(=O)CS/C2=N\N=C/c2ccc(C)cc2C)cc1. The van der Waals surface area contributed by atoms with Crippen LogP contribution in [0.1, 0.15) is 22.3 Å². The van der Waals surface area contributed by atoms with Crippen molar-refractivity contribution in [3.63, 3.8) is 0 Å². The maximum Gasteiger partial charge on any atom is 0.239 e. The van der Waals surface area contributed by atoms with Crippen LogP contribution in [-0.4, -0.2) is 35.1 Å². The number of amides is 1. The van der Waals surface area contributed by atoms with Gasteiger partial charge in [0.1, 0.15) is 5.75 Å². The Morgan fingerprint density at radius 3 is 2.65 bits per heavy atom. The Kier molecular flexibility index (Phi) is 5.73. The number of hydrogen-bond donors (Lipinski definition) is 0. The fourth-order valence-electron chi connectivity index (χ4n) is 2.65. The molecule has 1 aliphatic rings. The van der Waals surface area contributed by atoms with E-state index in [4.69, 9.17) is 4.74 Å². The molecule has 2 aromatic carbocycles. The van der Waals surface area contributed by atoms with Crippen molar-refractivity contribution >= 4 is 29.1 Å². The molecule has 0 atom stereocenters. The van der Waals surface area contributed by atoms with Crippen molar-refractivity contribution in [1.29, 1.82) is 0 Å². The van der Waals surface area contributed by atoms with Gasteiger partial charge in [-0.2, -0.15) is 5.10 Å². The number of carbonyl (C=O) groups excluding carboxylic acids is 1. The van der Waals surface area contributed by atoms with Gasteiger partial charge in [0.2, 0.25) is 5.91 Å². The van der Waals surface area contributed by atoms with Crippen molar-refractivity contribution in [2.24, 2.45) is 10.2 Å². The Hall–Kier alpha value is -2.60. The molecule has 134 valence electrons. The number of thioether (sulfide) groups is 1. The quantitative estimate of drug-likeness (QED) is 0.597. The van der Waals surface area contributed by atoms with E-state index in [1.807, 2.05) is 43.3 Å². The van der Waals surface area contributed by atoms with Gasteiger partial charge in [-0.05, 0) is 42.7 Å². The van der Waals surface area contributed by atoms with E-state index in [1.165, 1.54) is 17.3 Å². The number of rotatable bonds is 5. The molecule has 1 heterocycles. The first kappa shape index (κ1) is 18.2. The first-order chi connectivity index (χ1) is 12.6. The Balaban J connectivity index is 1.73. The number of amidine groups is 1. The minimum absolute atomic E-state index is 0.0475. The molecule has 0 aromatic heterocycles. The van der Waals surface area contributed by atoms with Gasteiger partial charge in [0.05, 0.1) is 25.6 Å². The van der Waals surface area contributed by atoms with Crippen molar-refractivity contribution < 1.29 is 9.53 Å². The number of aryl methyl sites for hydroxylation is 2. The van der Waals surface area contributed by atoms with Crippen molar-refractivity contribution in [2.75, 3.05) is 12.9 Å². The van der Waals surface area contributed by atoms with Crippen molar-refractivity contribution in [1.82, 2.24) is 4.90 Å². The van der Waals surface area contributed by atoms with Gasteiger partial charge in [-0.3, -0.25) is 9.69 Å². The molecule has 0 saturated carbocycles. The molecule has 0 unspecified atom stereocenters. The average Bonchev–Trinajstić information content (AvgIpc) is 2.98. The zero-order valence-electron chi connectivity index (χ0n) is 15.1. The third kappa shape index (κ3) is 4.32. The zero-order valence-corrected chi connectivity index (χ0v) is 15.9. The molecule has 1 fully saturated rings. The lowest BCUT2D eigenvalue weighted by Crippen LogP contribution is -2.28. The molecular weight excluding hydrogens is 346 g/mol. The fourth-order valence-corrected chi connectivity index (χ4v) is 3.49. The van der Waals surface area contributed by atoms with Gasteiger partial charge in [-0.25, -0.2) is 0 Å². The lowest BCUT2D eigenvalue weighted by molar-refractivity contribution is -0.124. The van der Waals surface area contributed by atoms with Crippen LogP contribution in [0.3, 0.4) is 0 Å².